The molecule has 0 amide bonds. The van der Waals surface area contributed by atoms with Crippen LogP contribution in [-0.2, 0) is 0 Å². The molecular weight excluding hydrogens is 251 g/mol. The fraction of sp³-hybridized carbons (Fsp3) is 0.333. The second kappa shape index (κ2) is 4.72. The van der Waals surface area contributed by atoms with Crippen molar-refractivity contribution in [2.45, 2.75) is 12.5 Å². The summed E-state index contributed by atoms with van der Waals surface area (Å²) in [7, 11) is 0. The molecular formula is C9H12BrFN2O. The zero-order valence-electron chi connectivity index (χ0n) is 7.50. The van der Waals surface area contributed by atoms with Crippen molar-refractivity contribution in [2.75, 3.05) is 6.54 Å². The average molecular weight is 263 g/mol. The van der Waals surface area contributed by atoms with Crippen molar-refractivity contribution in [3.8, 4) is 5.75 Å². The van der Waals surface area contributed by atoms with Crippen LogP contribution in [0.4, 0.5) is 4.39 Å². The Morgan fingerprint density at radius 3 is 2.71 bits per heavy atom. The molecule has 78 valence electrons. The normalized spacial score (nSPS) is 12.9. The van der Waals surface area contributed by atoms with Crippen LogP contribution < -0.4 is 11.5 Å². The molecule has 0 unspecified atom stereocenters. The van der Waals surface area contributed by atoms with Crippen molar-refractivity contribution in [3.63, 3.8) is 0 Å². The quantitative estimate of drug-likeness (QED) is 0.776. The molecule has 14 heavy (non-hydrogen) atoms. The van der Waals surface area contributed by atoms with Crippen LogP contribution in [0, 0.1) is 5.82 Å². The molecule has 0 radical (unpaired) electrons. The molecule has 3 nitrogen and oxygen atoms in total. The SMILES string of the molecule is NCC[C@@H](N)c1cc(F)cc(Br)c1O. The van der Waals surface area contributed by atoms with Gasteiger partial charge in [0.15, 0.2) is 0 Å². The van der Waals surface area contributed by atoms with Crippen LogP contribution in [0.15, 0.2) is 16.6 Å². The number of phenolic OH excluding ortho intramolecular Hbond substituents is 1. The van der Waals surface area contributed by atoms with E-state index in [1.54, 1.807) is 0 Å². The van der Waals surface area contributed by atoms with Crippen LogP contribution in [0.2, 0.25) is 0 Å². The van der Waals surface area contributed by atoms with Crippen molar-refractivity contribution in [2.24, 2.45) is 11.5 Å². The van der Waals surface area contributed by atoms with Gasteiger partial charge in [-0.2, -0.15) is 0 Å². The van der Waals surface area contributed by atoms with E-state index in [4.69, 9.17) is 11.5 Å². The molecule has 0 heterocycles. The Morgan fingerprint density at radius 1 is 1.50 bits per heavy atom. The predicted molar refractivity (Wildman–Crippen MR) is 56.4 cm³/mol. The van der Waals surface area contributed by atoms with Gasteiger partial charge in [0.25, 0.3) is 0 Å². The van der Waals surface area contributed by atoms with Crippen LogP contribution in [0.3, 0.4) is 0 Å². The maximum atomic E-state index is 13.0. The van der Waals surface area contributed by atoms with E-state index in [2.05, 4.69) is 15.9 Å². The molecule has 0 fully saturated rings. The highest BCUT2D eigenvalue weighted by atomic mass is 79.9. The Balaban J connectivity index is 3.07. The molecule has 5 N–H and O–H groups in total. The van der Waals surface area contributed by atoms with Crippen LogP contribution in [-0.4, -0.2) is 11.7 Å². The second-order valence-electron chi connectivity index (χ2n) is 3.01. The van der Waals surface area contributed by atoms with Gasteiger partial charge in [0.2, 0.25) is 0 Å². The summed E-state index contributed by atoms with van der Waals surface area (Å²) in [6, 6.07) is 1.97. The third-order valence-corrected chi connectivity index (χ3v) is 2.54. The van der Waals surface area contributed by atoms with Crippen LogP contribution in [0.5, 0.6) is 5.75 Å². The number of aromatic hydroxyl groups is 1. The van der Waals surface area contributed by atoms with E-state index < -0.39 is 11.9 Å². The van der Waals surface area contributed by atoms with Gasteiger partial charge in [0.05, 0.1) is 4.47 Å². The van der Waals surface area contributed by atoms with Gasteiger partial charge in [0, 0.05) is 11.6 Å². The molecule has 1 aromatic rings. The third kappa shape index (κ3) is 2.43. The van der Waals surface area contributed by atoms with Gasteiger partial charge >= 0.3 is 0 Å². The summed E-state index contributed by atoms with van der Waals surface area (Å²) in [4.78, 5) is 0. The topological polar surface area (TPSA) is 72.3 Å². The molecule has 1 atom stereocenters. The summed E-state index contributed by atoms with van der Waals surface area (Å²) >= 11 is 3.04. The monoisotopic (exact) mass is 262 g/mol. The first-order chi connectivity index (χ1) is 6.56. The lowest BCUT2D eigenvalue weighted by Crippen LogP contribution is -2.15. The summed E-state index contributed by atoms with van der Waals surface area (Å²) in [5.74, 6) is -0.454. The molecule has 0 aromatic heterocycles. The van der Waals surface area contributed by atoms with Crippen molar-refractivity contribution in [1.29, 1.82) is 0 Å². The fourth-order valence-corrected chi connectivity index (χ4v) is 1.65. The Bertz CT molecular complexity index is 333. The lowest BCUT2D eigenvalue weighted by molar-refractivity contribution is 0.452. The van der Waals surface area contributed by atoms with Crippen LogP contribution >= 0.6 is 15.9 Å². The number of hydrogen-bond acceptors (Lipinski definition) is 3. The van der Waals surface area contributed by atoms with Crippen molar-refractivity contribution in [3.05, 3.63) is 28.0 Å². The number of nitrogens with two attached hydrogens (primary N) is 2. The molecule has 1 aromatic carbocycles. The zero-order valence-corrected chi connectivity index (χ0v) is 9.09. The van der Waals surface area contributed by atoms with Gasteiger partial charge in [-0.05, 0) is 41.0 Å². The Hall–Kier alpha value is -0.650. The standard InChI is InChI=1S/C9H12BrFN2O/c10-7-4-5(11)3-6(9(7)14)8(13)1-2-12/h3-4,8,14H,1-2,12-13H2/t8-/m1/s1. The van der Waals surface area contributed by atoms with E-state index in [0.717, 1.165) is 0 Å². The molecule has 0 saturated heterocycles. The number of rotatable bonds is 3. The van der Waals surface area contributed by atoms with Gasteiger partial charge < -0.3 is 16.6 Å². The first-order valence-corrected chi connectivity index (χ1v) is 4.99. The maximum absolute atomic E-state index is 13.0. The maximum Gasteiger partial charge on any atom is 0.134 e. The first-order valence-electron chi connectivity index (χ1n) is 4.19. The van der Waals surface area contributed by atoms with Crippen molar-refractivity contribution >= 4 is 15.9 Å². The van der Waals surface area contributed by atoms with Crippen LogP contribution in [0.1, 0.15) is 18.0 Å². The van der Waals surface area contributed by atoms with Crippen LogP contribution in [0.25, 0.3) is 0 Å². The van der Waals surface area contributed by atoms with Gasteiger partial charge in [-0.15, -0.1) is 0 Å². The highest BCUT2D eigenvalue weighted by Gasteiger charge is 2.14. The van der Waals surface area contributed by atoms with E-state index in [9.17, 15) is 9.50 Å². The Morgan fingerprint density at radius 2 is 2.14 bits per heavy atom. The zero-order chi connectivity index (χ0) is 10.7. The van der Waals surface area contributed by atoms with E-state index in [1.807, 2.05) is 0 Å². The Kier molecular flexibility index (Phi) is 3.86. The molecule has 0 aliphatic carbocycles. The van der Waals surface area contributed by atoms with Gasteiger partial charge in [-0.3, -0.25) is 0 Å². The average Bonchev–Trinajstić information content (AvgIpc) is 2.11. The van der Waals surface area contributed by atoms with Gasteiger partial charge in [-0.25, -0.2) is 4.39 Å². The Labute approximate surface area is 90.0 Å². The molecule has 0 saturated carbocycles. The van der Waals surface area contributed by atoms with Crippen molar-refractivity contribution < 1.29 is 9.50 Å². The smallest absolute Gasteiger partial charge is 0.134 e. The summed E-state index contributed by atoms with van der Waals surface area (Å²) in [5, 5.41) is 9.58. The van der Waals surface area contributed by atoms with Crippen molar-refractivity contribution in [1.82, 2.24) is 0 Å². The molecule has 0 aliphatic rings. The van der Waals surface area contributed by atoms with E-state index in [-0.39, 0.29) is 5.75 Å². The fourth-order valence-electron chi connectivity index (χ4n) is 1.20. The third-order valence-electron chi connectivity index (χ3n) is 1.93. The first kappa shape index (κ1) is 11.4. The van der Waals surface area contributed by atoms with Gasteiger partial charge in [0.1, 0.15) is 11.6 Å². The largest absolute Gasteiger partial charge is 0.506 e. The minimum atomic E-state index is -0.438. The summed E-state index contributed by atoms with van der Waals surface area (Å²) in [6.45, 7) is 0.398. The molecule has 1 rings (SSSR count). The minimum Gasteiger partial charge on any atom is -0.506 e. The number of phenols is 1. The summed E-state index contributed by atoms with van der Waals surface area (Å²) in [6.07, 6.45) is 0.503. The highest BCUT2D eigenvalue weighted by molar-refractivity contribution is 9.10. The molecule has 0 aliphatic heterocycles. The summed E-state index contributed by atoms with van der Waals surface area (Å²) < 4.78 is 13.3. The molecule has 5 heteroatoms. The van der Waals surface area contributed by atoms with Gasteiger partial charge in [-0.1, -0.05) is 0 Å². The number of halogens is 2. The molecule has 0 spiro atoms. The summed E-state index contributed by atoms with van der Waals surface area (Å²) in [5.41, 5.74) is 11.4. The minimum absolute atomic E-state index is 0.0210. The highest BCUT2D eigenvalue weighted by Crippen LogP contribution is 2.32. The lowest BCUT2D eigenvalue weighted by Gasteiger charge is -2.13. The second-order valence-corrected chi connectivity index (χ2v) is 3.86. The van der Waals surface area contributed by atoms with E-state index >= 15 is 0 Å². The lowest BCUT2D eigenvalue weighted by atomic mass is 10.0. The van der Waals surface area contributed by atoms with E-state index in [0.29, 0.717) is 23.0 Å². The van der Waals surface area contributed by atoms with E-state index in [1.165, 1.54) is 12.1 Å². The predicted octanol–water partition coefficient (Wildman–Crippen LogP) is 1.64. The number of benzene rings is 1. The number of hydrogen-bond donors (Lipinski definition) is 3. The molecule has 0 bridgehead atoms.